The average Bonchev–Trinajstić information content (AvgIpc) is 2.55. The van der Waals surface area contributed by atoms with Crippen LogP contribution in [0.2, 0.25) is 0 Å². The first-order valence-electron chi connectivity index (χ1n) is 7.14. The monoisotopic (exact) mass is 339 g/mol. The summed E-state index contributed by atoms with van der Waals surface area (Å²) in [6.07, 6.45) is 0.644. The Morgan fingerprint density at radius 3 is 2.78 bits per heavy atom. The summed E-state index contributed by atoms with van der Waals surface area (Å²) in [5, 5.41) is 0. The lowest BCUT2D eigenvalue weighted by Gasteiger charge is -2.26. The van der Waals surface area contributed by atoms with Crippen LogP contribution >= 0.6 is 0 Å². The number of para-hydroxylation sites is 1. The maximum Gasteiger partial charge on any atom is 0.243 e. The van der Waals surface area contributed by atoms with E-state index in [0.29, 0.717) is 19.1 Å². The van der Waals surface area contributed by atoms with Gasteiger partial charge in [-0.05, 0) is 36.2 Å². The summed E-state index contributed by atoms with van der Waals surface area (Å²) in [5.74, 6) is -1.14. The highest BCUT2D eigenvalue weighted by molar-refractivity contribution is 7.89. The smallest absolute Gasteiger partial charge is 0.243 e. The van der Waals surface area contributed by atoms with E-state index in [4.69, 9.17) is 4.74 Å². The largest absolute Gasteiger partial charge is 0.493 e. The third-order valence-electron chi connectivity index (χ3n) is 3.79. The highest BCUT2D eigenvalue weighted by Gasteiger charge is 2.25. The van der Waals surface area contributed by atoms with Gasteiger partial charge in [0.25, 0.3) is 0 Å². The number of rotatable bonds is 4. The number of hydrogen-bond donors (Lipinski definition) is 1. The molecule has 2 aromatic carbocycles. The van der Waals surface area contributed by atoms with Gasteiger partial charge in [0.1, 0.15) is 22.3 Å². The molecule has 0 aliphatic carbocycles. The standard InChI is InChI=1S/C16H15F2NO3S/c17-12-5-6-14(18)16(9-12)23(20,21)19-10-11-7-8-22-15-4-2-1-3-13(11)15/h1-6,9,11,19H,7-8,10H2. The van der Waals surface area contributed by atoms with Gasteiger partial charge in [-0.1, -0.05) is 18.2 Å². The number of benzene rings is 2. The van der Waals surface area contributed by atoms with Gasteiger partial charge in [-0.3, -0.25) is 0 Å². The summed E-state index contributed by atoms with van der Waals surface area (Å²) in [7, 11) is -4.12. The van der Waals surface area contributed by atoms with Crippen LogP contribution in [0, 0.1) is 11.6 Å². The second-order valence-electron chi connectivity index (χ2n) is 5.30. The molecule has 122 valence electrons. The number of sulfonamides is 1. The molecular weight excluding hydrogens is 324 g/mol. The van der Waals surface area contributed by atoms with Gasteiger partial charge >= 0.3 is 0 Å². The van der Waals surface area contributed by atoms with Crippen molar-refractivity contribution in [3.63, 3.8) is 0 Å². The molecule has 1 N–H and O–H groups in total. The van der Waals surface area contributed by atoms with Crippen molar-refractivity contribution in [2.24, 2.45) is 0 Å². The molecule has 1 aliphatic rings. The quantitative estimate of drug-likeness (QED) is 0.932. The first-order valence-corrected chi connectivity index (χ1v) is 8.62. The molecule has 0 bridgehead atoms. The van der Waals surface area contributed by atoms with Gasteiger partial charge in [0.2, 0.25) is 10.0 Å². The first kappa shape index (κ1) is 15.9. The molecule has 7 heteroatoms. The molecular formula is C16H15F2NO3S. The van der Waals surface area contributed by atoms with Gasteiger partial charge in [0, 0.05) is 12.5 Å². The summed E-state index contributed by atoms with van der Waals surface area (Å²) >= 11 is 0. The van der Waals surface area contributed by atoms with E-state index in [-0.39, 0.29) is 12.5 Å². The van der Waals surface area contributed by atoms with Crippen LogP contribution in [0.15, 0.2) is 47.4 Å². The van der Waals surface area contributed by atoms with Crippen LogP contribution in [-0.2, 0) is 10.0 Å². The second-order valence-corrected chi connectivity index (χ2v) is 7.03. The number of halogens is 2. The summed E-state index contributed by atoms with van der Waals surface area (Å²) in [5.41, 5.74) is 0.904. The van der Waals surface area contributed by atoms with Gasteiger partial charge in [-0.25, -0.2) is 21.9 Å². The number of fused-ring (bicyclic) bond motifs is 1. The molecule has 0 spiro atoms. The molecule has 1 aliphatic heterocycles. The zero-order valence-electron chi connectivity index (χ0n) is 12.1. The van der Waals surface area contributed by atoms with Crippen molar-refractivity contribution < 1.29 is 21.9 Å². The molecule has 3 rings (SSSR count). The highest BCUT2D eigenvalue weighted by atomic mass is 32.2. The van der Waals surface area contributed by atoms with Crippen molar-refractivity contribution >= 4 is 10.0 Å². The maximum absolute atomic E-state index is 13.7. The van der Waals surface area contributed by atoms with Crippen molar-refractivity contribution in [1.29, 1.82) is 0 Å². The number of hydrogen-bond acceptors (Lipinski definition) is 3. The molecule has 0 saturated carbocycles. The van der Waals surface area contributed by atoms with E-state index in [9.17, 15) is 17.2 Å². The van der Waals surface area contributed by atoms with Gasteiger partial charge < -0.3 is 4.74 Å². The number of ether oxygens (including phenoxy) is 1. The molecule has 0 saturated heterocycles. The Morgan fingerprint density at radius 2 is 1.96 bits per heavy atom. The molecule has 1 atom stereocenters. The Morgan fingerprint density at radius 1 is 1.17 bits per heavy atom. The number of nitrogens with one attached hydrogen (secondary N) is 1. The van der Waals surface area contributed by atoms with E-state index in [1.807, 2.05) is 24.3 Å². The molecule has 0 radical (unpaired) electrons. The second kappa shape index (κ2) is 6.25. The van der Waals surface area contributed by atoms with Crippen molar-refractivity contribution in [3.8, 4) is 5.75 Å². The predicted molar refractivity (Wildman–Crippen MR) is 80.8 cm³/mol. The lowest BCUT2D eigenvalue weighted by molar-refractivity contribution is 0.267. The summed E-state index contributed by atoms with van der Waals surface area (Å²) in [4.78, 5) is -0.683. The van der Waals surface area contributed by atoms with E-state index >= 15 is 0 Å². The Kier molecular flexibility index (Phi) is 4.32. The lowest BCUT2D eigenvalue weighted by Crippen LogP contribution is -2.31. The normalized spacial score (nSPS) is 17.4. The van der Waals surface area contributed by atoms with Gasteiger partial charge in [-0.15, -0.1) is 0 Å². The Bertz CT molecular complexity index is 824. The molecule has 1 heterocycles. The fourth-order valence-electron chi connectivity index (χ4n) is 2.60. The predicted octanol–water partition coefficient (Wildman–Crippen LogP) is 2.81. The van der Waals surface area contributed by atoms with Crippen LogP contribution in [0.5, 0.6) is 5.75 Å². The zero-order valence-corrected chi connectivity index (χ0v) is 12.9. The van der Waals surface area contributed by atoms with Gasteiger partial charge in [0.15, 0.2) is 0 Å². The first-order chi connectivity index (χ1) is 11.0. The fourth-order valence-corrected chi connectivity index (χ4v) is 3.77. The van der Waals surface area contributed by atoms with Gasteiger partial charge in [0.05, 0.1) is 6.61 Å². The van der Waals surface area contributed by atoms with E-state index in [1.165, 1.54) is 0 Å². The van der Waals surface area contributed by atoms with Crippen molar-refractivity contribution in [3.05, 3.63) is 59.7 Å². The molecule has 0 amide bonds. The Balaban J connectivity index is 1.79. The van der Waals surface area contributed by atoms with Crippen LogP contribution in [-0.4, -0.2) is 21.6 Å². The molecule has 1 unspecified atom stereocenters. The summed E-state index contributed by atoms with van der Waals surface area (Å²) in [6.45, 7) is 0.580. The van der Waals surface area contributed by atoms with Crippen LogP contribution in [0.25, 0.3) is 0 Å². The Labute approximate surface area is 133 Å². The molecule has 4 nitrogen and oxygen atoms in total. The van der Waals surface area contributed by atoms with Crippen molar-refractivity contribution in [2.75, 3.05) is 13.2 Å². The summed E-state index contributed by atoms with van der Waals surface area (Å²) < 4.78 is 59.2. The van der Waals surface area contributed by atoms with E-state index < -0.39 is 26.6 Å². The lowest BCUT2D eigenvalue weighted by atomic mass is 9.93. The average molecular weight is 339 g/mol. The third kappa shape index (κ3) is 3.35. The van der Waals surface area contributed by atoms with Crippen LogP contribution in [0.4, 0.5) is 8.78 Å². The molecule has 0 fully saturated rings. The molecule has 23 heavy (non-hydrogen) atoms. The minimum atomic E-state index is -4.12. The van der Waals surface area contributed by atoms with Crippen molar-refractivity contribution in [1.82, 2.24) is 4.72 Å². The van der Waals surface area contributed by atoms with Crippen LogP contribution in [0.3, 0.4) is 0 Å². The topological polar surface area (TPSA) is 55.4 Å². The van der Waals surface area contributed by atoms with E-state index in [1.54, 1.807) is 0 Å². The molecule has 0 aromatic heterocycles. The van der Waals surface area contributed by atoms with E-state index in [0.717, 1.165) is 23.4 Å². The van der Waals surface area contributed by atoms with E-state index in [2.05, 4.69) is 4.72 Å². The fraction of sp³-hybridized carbons (Fsp3) is 0.250. The minimum absolute atomic E-state index is 0.0775. The van der Waals surface area contributed by atoms with Crippen LogP contribution in [0.1, 0.15) is 17.9 Å². The van der Waals surface area contributed by atoms with Crippen LogP contribution < -0.4 is 9.46 Å². The minimum Gasteiger partial charge on any atom is -0.493 e. The van der Waals surface area contributed by atoms with Crippen molar-refractivity contribution in [2.45, 2.75) is 17.2 Å². The third-order valence-corrected chi connectivity index (χ3v) is 5.22. The highest BCUT2D eigenvalue weighted by Crippen LogP contribution is 2.33. The van der Waals surface area contributed by atoms with Gasteiger partial charge in [-0.2, -0.15) is 0 Å². The SMILES string of the molecule is O=S(=O)(NCC1CCOc2ccccc21)c1cc(F)ccc1F. The molecule has 2 aromatic rings. The summed E-state index contributed by atoms with van der Waals surface area (Å²) in [6, 6.07) is 9.74. The zero-order chi connectivity index (χ0) is 16.4. The Hall–Kier alpha value is -1.99. The maximum atomic E-state index is 13.7.